The molecule has 29 heavy (non-hydrogen) atoms. The molecule has 4 rings (SSSR count). The molecule has 0 aliphatic carbocycles. The summed E-state index contributed by atoms with van der Waals surface area (Å²) in [5.74, 6) is 2.19. The Morgan fingerprint density at radius 2 is 1.90 bits per heavy atom. The van der Waals surface area contributed by atoms with Crippen molar-refractivity contribution in [1.82, 2.24) is 24.7 Å². The number of piperidine rings is 1. The van der Waals surface area contributed by atoms with Gasteiger partial charge in [0.05, 0.1) is 7.11 Å². The van der Waals surface area contributed by atoms with Crippen molar-refractivity contribution in [2.75, 3.05) is 20.2 Å². The van der Waals surface area contributed by atoms with Crippen molar-refractivity contribution < 1.29 is 9.53 Å². The molecular formula is C22H27N5O2. The molecule has 1 aliphatic heterocycles. The third-order valence-electron chi connectivity index (χ3n) is 5.64. The van der Waals surface area contributed by atoms with Crippen LogP contribution in [-0.4, -0.2) is 50.8 Å². The van der Waals surface area contributed by atoms with Crippen molar-refractivity contribution in [3.8, 4) is 5.88 Å². The highest BCUT2D eigenvalue weighted by molar-refractivity contribution is 5.76. The van der Waals surface area contributed by atoms with Gasteiger partial charge in [0.2, 0.25) is 11.8 Å². The zero-order valence-corrected chi connectivity index (χ0v) is 16.8. The van der Waals surface area contributed by atoms with Crippen LogP contribution in [0.5, 0.6) is 5.88 Å². The summed E-state index contributed by atoms with van der Waals surface area (Å²) in [5.41, 5.74) is 2.08. The largest absolute Gasteiger partial charge is 0.480 e. The molecule has 7 heteroatoms. The Labute approximate surface area is 170 Å². The van der Waals surface area contributed by atoms with Crippen molar-refractivity contribution in [1.29, 1.82) is 0 Å². The van der Waals surface area contributed by atoms with E-state index < -0.39 is 0 Å². The van der Waals surface area contributed by atoms with Crippen molar-refractivity contribution >= 4 is 11.6 Å². The monoisotopic (exact) mass is 393 g/mol. The fourth-order valence-electron chi connectivity index (χ4n) is 3.97. The normalized spacial score (nSPS) is 15.0. The number of aromatic nitrogens is 4. The summed E-state index contributed by atoms with van der Waals surface area (Å²) in [5, 5.41) is 12.7. The molecule has 3 aromatic rings. The van der Waals surface area contributed by atoms with Crippen LogP contribution in [0.1, 0.15) is 37.1 Å². The number of carbonyl (C=O) groups excluding carboxylic acids is 1. The Balaban J connectivity index is 1.23. The zero-order valence-electron chi connectivity index (χ0n) is 16.8. The van der Waals surface area contributed by atoms with Crippen molar-refractivity contribution in [2.45, 2.75) is 38.5 Å². The van der Waals surface area contributed by atoms with E-state index in [-0.39, 0.29) is 5.91 Å². The number of likely N-dealkylation sites (tertiary alicyclic amines) is 1. The Hall–Kier alpha value is -2.96. The molecule has 0 unspecified atom stereocenters. The van der Waals surface area contributed by atoms with E-state index in [1.807, 2.05) is 11.0 Å². The van der Waals surface area contributed by atoms with Crippen LogP contribution in [0.25, 0.3) is 5.65 Å². The predicted octanol–water partition coefficient (Wildman–Crippen LogP) is 2.94. The fraction of sp³-hybridized carbons (Fsp3) is 0.455. The van der Waals surface area contributed by atoms with Gasteiger partial charge >= 0.3 is 0 Å². The van der Waals surface area contributed by atoms with Gasteiger partial charge in [-0.2, -0.15) is 4.52 Å². The number of carbonyl (C=O) groups is 1. The molecule has 1 fully saturated rings. The molecule has 0 atom stereocenters. The lowest BCUT2D eigenvalue weighted by Crippen LogP contribution is -2.38. The first-order valence-electron chi connectivity index (χ1n) is 10.3. The number of aryl methyl sites for hydroxylation is 1. The zero-order chi connectivity index (χ0) is 20.1. The highest BCUT2D eigenvalue weighted by Crippen LogP contribution is 2.22. The topological polar surface area (TPSA) is 72.6 Å². The van der Waals surface area contributed by atoms with E-state index >= 15 is 0 Å². The van der Waals surface area contributed by atoms with Gasteiger partial charge in [0.1, 0.15) is 0 Å². The molecule has 7 nitrogen and oxygen atoms in total. The maximum atomic E-state index is 12.6. The summed E-state index contributed by atoms with van der Waals surface area (Å²) in [4.78, 5) is 14.6. The highest BCUT2D eigenvalue weighted by Gasteiger charge is 2.22. The molecule has 1 aromatic carbocycles. The van der Waals surface area contributed by atoms with Gasteiger partial charge in [-0.15, -0.1) is 15.3 Å². The van der Waals surface area contributed by atoms with E-state index in [1.54, 1.807) is 17.7 Å². The van der Waals surface area contributed by atoms with Crippen molar-refractivity contribution in [2.24, 2.45) is 5.92 Å². The van der Waals surface area contributed by atoms with Crippen molar-refractivity contribution in [3.63, 3.8) is 0 Å². The van der Waals surface area contributed by atoms with Crippen LogP contribution in [0.3, 0.4) is 0 Å². The molecule has 0 N–H and O–H groups in total. The third kappa shape index (κ3) is 4.72. The maximum absolute atomic E-state index is 12.6. The minimum atomic E-state index is 0.238. The van der Waals surface area contributed by atoms with Crippen LogP contribution in [0.15, 0.2) is 42.5 Å². The van der Waals surface area contributed by atoms with Gasteiger partial charge in [-0.25, -0.2) is 0 Å². The van der Waals surface area contributed by atoms with E-state index in [0.717, 1.165) is 44.6 Å². The highest BCUT2D eigenvalue weighted by atomic mass is 16.5. The number of benzene rings is 1. The Kier molecular flexibility index (Phi) is 6.03. The number of fused-ring (bicyclic) bond motifs is 1. The van der Waals surface area contributed by atoms with Gasteiger partial charge in [0.25, 0.3) is 0 Å². The predicted molar refractivity (Wildman–Crippen MR) is 110 cm³/mol. The smallest absolute Gasteiger partial charge is 0.231 e. The number of methoxy groups -OCH3 is 1. The van der Waals surface area contributed by atoms with E-state index in [1.165, 1.54) is 5.56 Å². The maximum Gasteiger partial charge on any atom is 0.231 e. The molecule has 0 bridgehead atoms. The number of hydrogen-bond donors (Lipinski definition) is 0. The molecule has 1 amide bonds. The minimum absolute atomic E-state index is 0.238. The van der Waals surface area contributed by atoms with Crippen LogP contribution < -0.4 is 4.74 Å². The summed E-state index contributed by atoms with van der Waals surface area (Å²) in [7, 11) is 1.58. The first kappa shape index (κ1) is 19.4. The lowest BCUT2D eigenvalue weighted by molar-refractivity contribution is -0.132. The van der Waals surface area contributed by atoms with Crippen LogP contribution in [0.2, 0.25) is 0 Å². The van der Waals surface area contributed by atoms with Crippen LogP contribution in [0.4, 0.5) is 0 Å². The van der Waals surface area contributed by atoms with Crippen LogP contribution in [-0.2, 0) is 17.6 Å². The van der Waals surface area contributed by atoms with Gasteiger partial charge in [0.15, 0.2) is 11.5 Å². The summed E-state index contributed by atoms with van der Waals surface area (Å²) in [6.07, 6.45) is 5.21. The molecule has 1 aliphatic rings. The Morgan fingerprint density at radius 1 is 1.10 bits per heavy atom. The quantitative estimate of drug-likeness (QED) is 0.617. The second kappa shape index (κ2) is 9.03. The average Bonchev–Trinajstić information content (AvgIpc) is 3.17. The molecule has 152 valence electrons. The molecule has 3 heterocycles. The Morgan fingerprint density at radius 3 is 2.66 bits per heavy atom. The lowest BCUT2D eigenvalue weighted by Gasteiger charge is -2.32. The third-order valence-corrected chi connectivity index (χ3v) is 5.64. The molecule has 1 saturated heterocycles. The summed E-state index contributed by atoms with van der Waals surface area (Å²) in [6.45, 7) is 1.73. The first-order chi connectivity index (χ1) is 14.2. The van der Waals surface area contributed by atoms with Crippen molar-refractivity contribution in [3.05, 3.63) is 53.9 Å². The number of ether oxygens (including phenoxy) is 1. The lowest BCUT2D eigenvalue weighted by atomic mass is 9.90. The summed E-state index contributed by atoms with van der Waals surface area (Å²) < 4.78 is 6.86. The second-order valence-corrected chi connectivity index (χ2v) is 7.63. The average molecular weight is 393 g/mol. The number of amides is 1. The van der Waals surface area contributed by atoms with Crippen LogP contribution in [0, 0.1) is 5.92 Å². The molecule has 2 aromatic heterocycles. The molecule has 0 saturated carbocycles. The summed E-state index contributed by atoms with van der Waals surface area (Å²) in [6, 6.07) is 14.2. The fourth-order valence-corrected chi connectivity index (χ4v) is 3.97. The van der Waals surface area contributed by atoms with E-state index in [0.29, 0.717) is 30.3 Å². The number of nitrogens with zero attached hydrogens (tertiary/aromatic N) is 5. The molecule has 0 spiro atoms. The van der Waals surface area contributed by atoms with E-state index in [9.17, 15) is 4.79 Å². The van der Waals surface area contributed by atoms with Gasteiger partial charge in [-0.05, 0) is 43.2 Å². The minimum Gasteiger partial charge on any atom is -0.480 e. The van der Waals surface area contributed by atoms with Gasteiger partial charge in [-0.3, -0.25) is 4.79 Å². The van der Waals surface area contributed by atoms with E-state index in [4.69, 9.17) is 4.74 Å². The molecular weight excluding hydrogens is 366 g/mol. The van der Waals surface area contributed by atoms with E-state index in [2.05, 4.69) is 45.6 Å². The SMILES string of the molecule is COc1ccc2nnc(CCCC(=O)N3CCC(Cc4ccccc4)CC3)n2n1. The van der Waals surface area contributed by atoms with Crippen LogP contribution >= 0.6 is 0 Å². The standard InChI is InChI=1S/C22H27N5O2/c1-29-21-11-10-20-24-23-19(27(20)25-21)8-5-9-22(28)26-14-12-18(13-15-26)16-17-6-3-2-4-7-17/h2-4,6-7,10-11,18H,5,8-9,12-16H2,1H3. The Bertz CT molecular complexity index is 948. The second-order valence-electron chi connectivity index (χ2n) is 7.63. The first-order valence-corrected chi connectivity index (χ1v) is 10.3. The molecule has 0 radical (unpaired) electrons. The number of rotatable bonds is 7. The van der Waals surface area contributed by atoms with Gasteiger partial charge in [0, 0.05) is 32.0 Å². The van der Waals surface area contributed by atoms with Gasteiger partial charge < -0.3 is 9.64 Å². The summed E-state index contributed by atoms with van der Waals surface area (Å²) >= 11 is 0. The van der Waals surface area contributed by atoms with Gasteiger partial charge in [-0.1, -0.05) is 30.3 Å². The number of hydrogen-bond acceptors (Lipinski definition) is 5.